The number of carbonyl (C=O) groups excluding carboxylic acids is 3. The summed E-state index contributed by atoms with van der Waals surface area (Å²) in [4.78, 5) is 50.4. The van der Waals surface area contributed by atoms with Crippen LogP contribution in [0.15, 0.2) is 41.4 Å². The van der Waals surface area contributed by atoms with Crippen LogP contribution >= 0.6 is 0 Å². The first-order valence-corrected chi connectivity index (χ1v) is 24.3. The number of hydrogen-bond donors (Lipinski definition) is 1. The van der Waals surface area contributed by atoms with Gasteiger partial charge < -0.3 is 35.2 Å². The summed E-state index contributed by atoms with van der Waals surface area (Å²) >= 11 is 0. The number of ketones is 1. The molecule has 2 aromatic heterocycles. The van der Waals surface area contributed by atoms with Crippen molar-refractivity contribution in [3.8, 4) is 0 Å². The number of fused-ring (bicyclic) bond motifs is 8. The molecule has 2 fully saturated rings. The van der Waals surface area contributed by atoms with Gasteiger partial charge in [-0.2, -0.15) is 17.1 Å². The maximum Gasteiger partial charge on any atom is 2.00 e. The molecular weight excluding hydrogens is 837 g/mol. The summed E-state index contributed by atoms with van der Waals surface area (Å²) in [5.74, 6) is -0.575. The number of methoxy groups -OCH3 is 1. The summed E-state index contributed by atoms with van der Waals surface area (Å²) in [6.45, 7) is 25.3. The van der Waals surface area contributed by atoms with E-state index in [4.69, 9.17) is 30.1 Å². The molecule has 8 bridgehead atoms. The summed E-state index contributed by atoms with van der Waals surface area (Å²) < 4.78 is 11.1. The van der Waals surface area contributed by atoms with Gasteiger partial charge in [0.1, 0.15) is 18.3 Å². The Morgan fingerprint density at radius 3 is 2.08 bits per heavy atom. The standard InChI is InChI=1S/C55H75N4O6.Mg/c1-13-39-34(7)41-29-46-48(38(11)60)36(9)43(57-46)27-42-35(8)40(52(58-42)50-51(55(63)64-12)54(62)49-37(10)44(59-53(49)50)28-45(39)56-41)23-24-47(61)65-26-25-33(6)22-16-21-32(5)20-15-19-31(4)18-14-17-30(2)3;/h13,25,27-32,34-35,39-40,51-52H,1,14-24,26H2,2-12H3,(H2-,56,57,60,62);/q-3;+2/p-1/b33-25+,42-27-,45-28-;/t31-,32-,34-,35+,39-,40+,51-,52?;/m1./s1. The first-order valence-electron chi connectivity index (χ1n) is 24.3. The molecular formula is C55H74MgN4O6-2. The van der Waals surface area contributed by atoms with Crippen LogP contribution in [0, 0.1) is 61.2 Å². The Bertz CT molecular complexity index is 2380. The van der Waals surface area contributed by atoms with Crippen LogP contribution in [0.5, 0.6) is 0 Å². The number of allylic oxidation sites excluding steroid dienone is 4. The Morgan fingerprint density at radius 2 is 1.44 bits per heavy atom. The molecule has 0 saturated carbocycles. The molecule has 0 aromatic carbocycles. The molecule has 11 heteroatoms. The van der Waals surface area contributed by atoms with E-state index in [9.17, 15) is 19.5 Å². The van der Waals surface area contributed by atoms with Crippen molar-refractivity contribution in [1.82, 2.24) is 9.97 Å². The average molecular weight is 912 g/mol. The number of aliphatic hydroxyl groups is 1. The second-order valence-corrected chi connectivity index (χ2v) is 20.1. The van der Waals surface area contributed by atoms with Gasteiger partial charge in [-0.15, -0.1) is 29.0 Å². The van der Waals surface area contributed by atoms with Gasteiger partial charge in [0.15, 0.2) is 5.78 Å². The third-order valence-electron chi connectivity index (χ3n) is 14.7. The topological polar surface area (TPSA) is 146 Å². The van der Waals surface area contributed by atoms with Gasteiger partial charge in [0.25, 0.3) is 0 Å². The fraction of sp³-hybridized carbons (Fsp3) is 0.582. The molecule has 2 aromatic rings. The number of ether oxygens (including phenoxy) is 2. The number of aromatic nitrogens is 2. The summed E-state index contributed by atoms with van der Waals surface area (Å²) in [7, 11) is 1.31. The Balaban J connectivity index is 0.00000817. The predicted molar refractivity (Wildman–Crippen MR) is 268 cm³/mol. The van der Waals surface area contributed by atoms with Crippen LogP contribution in [0.25, 0.3) is 40.2 Å². The Morgan fingerprint density at radius 1 is 0.818 bits per heavy atom. The largest absolute Gasteiger partial charge is 2.00 e. The molecule has 0 radical (unpaired) electrons. The van der Waals surface area contributed by atoms with Gasteiger partial charge in [0, 0.05) is 17.2 Å². The van der Waals surface area contributed by atoms with Crippen LogP contribution < -0.4 is 20.5 Å². The van der Waals surface area contributed by atoms with Gasteiger partial charge in [0.2, 0.25) is 0 Å². The minimum Gasteiger partial charge on any atom is -0.681 e. The van der Waals surface area contributed by atoms with Crippen LogP contribution in [0.4, 0.5) is 0 Å². The molecule has 354 valence electrons. The van der Waals surface area contributed by atoms with E-state index < -0.39 is 17.9 Å². The molecule has 1 aliphatic carbocycles. The van der Waals surface area contributed by atoms with Gasteiger partial charge in [-0.05, 0) is 94.5 Å². The van der Waals surface area contributed by atoms with E-state index in [1.54, 1.807) is 6.92 Å². The minimum atomic E-state index is -1.11. The SMILES string of the molecule is C=C[C@H]1/C2=C/c3[n-]c4c(c3C)=C(O)[C@H](C(=O)OC)C=4C3[N-]/C(=C\c4[n-]c(c(C(C)=O)c4C)/C=C(\[N-]2)[C@@H]1C)[C@@H](C)[C@@H]3CCC(=O)OC/C=C(\C)CCC[C@H](C)CCC[C@H](C)CCCC(C)C.[Mg+2]. The zero-order chi connectivity index (χ0) is 47.3. The molecule has 0 spiro atoms. The Hall–Kier alpha value is -4.22. The molecule has 5 heterocycles. The van der Waals surface area contributed by atoms with Gasteiger partial charge in [-0.3, -0.25) is 14.4 Å². The molecule has 2 saturated heterocycles. The van der Waals surface area contributed by atoms with E-state index in [2.05, 4.69) is 55.0 Å². The normalized spacial score (nSPS) is 25.4. The van der Waals surface area contributed by atoms with Crippen molar-refractivity contribution in [2.45, 2.75) is 146 Å². The van der Waals surface area contributed by atoms with Crippen molar-refractivity contribution in [1.29, 1.82) is 0 Å². The number of Topliss-reactive ketones (excluding diaryl/α,β-unsaturated/α-hetero) is 1. The third kappa shape index (κ3) is 11.7. The molecule has 8 atom stereocenters. The average Bonchev–Trinajstić information content (AvgIpc) is 4.00. The molecule has 3 aliphatic heterocycles. The third-order valence-corrected chi connectivity index (χ3v) is 14.7. The predicted octanol–water partition coefficient (Wildman–Crippen LogP) is 10.9. The van der Waals surface area contributed by atoms with Crippen LogP contribution in [0.3, 0.4) is 0 Å². The van der Waals surface area contributed by atoms with E-state index in [0.29, 0.717) is 56.7 Å². The minimum absolute atomic E-state index is 0. The van der Waals surface area contributed by atoms with Crippen molar-refractivity contribution in [2.24, 2.45) is 47.3 Å². The second-order valence-electron chi connectivity index (χ2n) is 20.1. The maximum atomic E-state index is 13.6. The summed E-state index contributed by atoms with van der Waals surface area (Å²) in [6.07, 6.45) is 21.4. The summed E-state index contributed by atoms with van der Waals surface area (Å²) in [6, 6.07) is -0.632. The van der Waals surface area contributed by atoms with Gasteiger partial charge >= 0.3 is 35.0 Å². The summed E-state index contributed by atoms with van der Waals surface area (Å²) in [5, 5.41) is 23.2. The Labute approximate surface area is 410 Å². The van der Waals surface area contributed by atoms with Crippen LogP contribution in [0.1, 0.15) is 165 Å². The van der Waals surface area contributed by atoms with Crippen LogP contribution in [-0.4, -0.2) is 65.6 Å². The van der Waals surface area contributed by atoms with E-state index in [-0.39, 0.29) is 77.3 Å². The number of rotatable bonds is 20. The van der Waals surface area contributed by atoms with E-state index >= 15 is 0 Å². The van der Waals surface area contributed by atoms with Crippen molar-refractivity contribution >= 4 is 70.3 Å². The van der Waals surface area contributed by atoms with Crippen molar-refractivity contribution in [3.05, 3.63) is 96.4 Å². The van der Waals surface area contributed by atoms with E-state index in [0.717, 1.165) is 47.3 Å². The number of esters is 2. The molecule has 66 heavy (non-hydrogen) atoms. The first-order chi connectivity index (χ1) is 30.9. The number of nitrogens with zero attached hydrogens (tertiary/aromatic N) is 4. The van der Waals surface area contributed by atoms with Gasteiger partial charge in [0.05, 0.1) is 7.11 Å². The summed E-state index contributed by atoms with van der Waals surface area (Å²) in [5.41, 5.74) is 7.80. The van der Waals surface area contributed by atoms with Crippen molar-refractivity contribution in [2.75, 3.05) is 13.7 Å². The van der Waals surface area contributed by atoms with Crippen LogP contribution in [-0.2, 0) is 19.1 Å². The first kappa shape index (κ1) is 52.7. The van der Waals surface area contributed by atoms with E-state index in [1.807, 2.05) is 44.2 Å². The molecule has 10 nitrogen and oxygen atoms in total. The van der Waals surface area contributed by atoms with Crippen molar-refractivity contribution < 1.29 is 29.0 Å². The van der Waals surface area contributed by atoms with Gasteiger partial charge in [-0.1, -0.05) is 139 Å². The maximum absolute atomic E-state index is 13.6. The fourth-order valence-electron chi connectivity index (χ4n) is 10.6. The van der Waals surface area contributed by atoms with Gasteiger partial charge in [-0.25, -0.2) is 0 Å². The zero-order valence-electron chi connectivity index (χ0n) is 41.8. The molecule has 6 rings (SSSR count). The van der Waals surface area contributed by atoms with E-state index in [1.165, 1.54) is 57.6 Å². The van der Waals surface area contributed by atoms with Crippen molar-refractivity contribution in [3.63, 3.8) is 0 Å². The molecule has 1 unspecified atom stereocenters. The quantitative estimate of drug-likeness (QED) is 0.0598. The molecule has 4 aliphatic rings. The Kier molecular flexibility index (Phi) is 18.5. The monoisotopic (exact) mass is 911 g/mol. The number of hydrogen-bond acceptors (Lipinski definition) is 6. The van der Waals surface area contributed by atoms with Crippen LogP contribution in [0.2, 0.25) is 0 Å². The molecule has 0 amide bonds. The fourth-order valence-corrected chi connectivity index (χ4v) is 10.6. The smallest absolute Gasteiger partial charge is 0.681 e. The second kappa shape index (κ2) is 23.2. The zero-order valence-corrected chi connectivity index (χ0v) is 43.2. The number of carbonyl (C=O) groups is 3. The number of aliphatic hydroxyl groups excluding tert-OH is 1. The molecule has 1 N–H and O–H groups in total.